The van der Waals surface area contributed by atoms with Crippen molar-refractivity contribution in [1.29, 1.82) is 0 Å². The van der Waals surface area contributed by atoms with Gasteiger partial charge >= 0.3 is 5.97 Å². The third-order valence-corrected chi connectivity index (χ3v) is 3.02. The number of ether oxygens (including phenoxy) is 1. The summed E-state index contributed by atoms with van der Waals surface area (Å²) in [5, 5.41) is 9.99. The number of hydrogen-bond donors (Lipinski definition) is 1. The van der Waals surface area contributed by atoms with Crippen LogP contribution in [0.4, 0.5) is 0 Å². The average Bonchev–Trinajstić information content (AvgIpc) is 2.68. The number of nitrogens with zero attached hydrogens (tertiary/aromatic N) is 1. The van der Waals surface area contributed by atoms with Crippen molar-refractivity contribution in [3.63, 3.8) is 0 Å². The third kappa shape index (κ3) is 2.11. The van der Waals surface area contributed by atoms with Gasteiger partial charge in [-0.15, -0.1) is 0 Å². The van der Waals surface area contributed by atoms with Crippen LogP contribution in [-0.4, -0.2) is 22.8 Å². The van der Waals surface area contributed by atoms with Crippen molar-refractivity contribution < 1.29 is 14.6 Å². The van der Waals surface area contributed by atoms with E-state index in [0.717, 1.165) is 16.5 Å². The highest BCUT2D eigenvalue weighted by atomic mass is 16.5. The lowest BCUT2D eigenvalue weighted by molar-refractivity contribution is 0.0697. The van der Waals surface area contributed by atoms with Crippen molar-refractivity contribution in [3.8, 4) is 0 Å². The minimum absolute atomic E-state index is 0.307. The Kier molecular flexibility index (Phi) is 3.39. The molecule has 0 radical (unpaired) electrons. The maximum Gasteiger partial charge on any atom is 0.335 e. The Hall–Kier alpha value is -1.81. The van der Waals surface area contributed by atoms with Gasteiger partial charge in [0.15, 0.2) is 0 Å². The highest BCUT2D eigenvalue weighted by molar-refractivity contribution is 5.95. The number of rotatable bonds is 4. The molecule has 4 heteroatoms. The molecular weight excluding hydrogens is 230 g/mol. The fourth-order valence-corrected chi connectivity index (χ4v) is 2.16. The molecular formula is C14H17NO3. The lowest BCUT2D eigenvalue weighted by Crippen LogP contribution is -1.99. The molecule has 1 aromatic carbocycles. The maximum atomic E-state index is 11.0. The minimum atomic E-state index is -0.905. The first-order valence-corrected chi connectivity index (χ1v) is 5.90. The van der Waals surface area contributed by atoms with Crippen LogP contribution >= 0.6 is 0 Å². The summed E-state index contributed by atoms with van der Waals surface area (Å²) in [6.45, 7) is 4.68. The summed E-state index contributed by atoms with van der Waals surface area (Å²) in [7, 11) is 1.64. The van der Waals surface area contributed by atoms with Crippen molar-refractivity contribution in [1.82, 2.24) is 4.57 Å². The summed E-state index contributed by atoms with van der Waals surface area (Å²) in [4.78, 5) is 11.0. The lowest BCUT2D eigenvalue weighted by atomic mass is 10.1. The molecule has 0 aliphatic carbocycles. The van der Waals surface area contributed by atoms with E-state index in [-0.39, 0.29) is 0 Å². The van der Waals surface area contributed by atoms with Crippen LogP contribution in [0, 0.1) is 0 Å². The van der Waals surface area contributed by atoms with E-state index in [4.69, 9.17) is 9.84 Å². The molecule has 0 saturated heterocycles. The Labute approximate surface area is 106 Å². The van der Waals surface area contributed by atoms with Crippen LogP contribution in [0.1, 0.15) is 35.8 Å². The van der Waals surface area contributed by atoms with Crippen molar-refractivity contribution in [3.05, 3.63) is 35.5 Å². The fraction of sp³-hybridized carbons (Fsp3) is 0.357. The first kappa shape index (κ1) is 12.6. The second-order valence-corrected chi connectivity index (χ2v) is 4.63. The summed E-state index contributed by atoms with van der Waals surface area (Å²) in [5.74, 6) is -0.905. The van der Waals surface area contributed by atoms with Crippen LogP contribution in [0.15, 0.2) is 24.4 Å². The van der Waals surface area contributed by atoms with Crippen molar-refractivity contribution in [2.24, 2.45) is 0 Å². The fourth-order valence-electron chi connectivity index (χ4n) is 2.16. The molecule has 0 spiro atoms. The van der Waals surface area contributed by atoms with Gasteiger partial charge < -0.3 is 14.4 Å². The van der Waals surface area contributed by atoms with Gasteiger partial charge in [0.1, 0.15) is 0 Å². The predicted molar refractivity (Wildman–Crippen MR) is 70.0 cm³/mol. The SMILES string of the molecule is COCc1cn(C(C)C)c2ccc(C(=O)O)cc12. The van der Waals surface area contributed by atoms with Crippen LogP contribution < -0.4 is 0 Å². The maximum absolute atomic E-state index is 11.0. The van der Waals surface area contributed by atoms with Gasteiger partial charge in [0, 0.05) is 35.8 Å². The first-order valence-electron chi connectivity index (χ1n) is 5.90. The predicted octanol–water partition coefficient (Wildman–Crippen LogP) is 3.07. The highest BCUT2D eigenvalue weighted by Gasteiger charge is 2.13. The van der Waals surface area contributed by atoms with Gasteiger partial charge in [-0.05, 0) is 32.0 Å². The van der Waals surface area contributed by atoms with E-state index in [9.17, 15) is 4.79 Å². The smallest absolute Gasteiger partial charge is 0.335 e. The second kappa shape index (κ2) is 4.82. The zero-order valence-electron chi connectivity index (χ0n) is 10.8. The van der Waals surface area contributed by atoms with Crippen molar-refractivity contribution in [2.45, 2.75) is 26.5 Å². The number of aromatic carboxylic acids is 1. The van der Waals surface area contributed by atoms with Crippen LogP contribution in [0.5, 0.6) is 0 Å². The topological polar surface area (TPSA) is 51.5 Å². The Morgan fingerprint density at radius 3 is 2.72 bits per heavy atom. The molecule has 1 aromatic heterocycles. The summed E-state index contributed by atoms with van der Waals surface area (Å²) in [6, 6.07) is 5.54. The van der Waals surface area contributed by atoms with E-state index in [1.165, 1.54) is 0 Å². The zero-order valence-corrected chi connectivity index (χ0v) is 10.8. The number of fused-ring (bicyclic) bond motifs is 1. The average molecular weight is 247 g/mol. The zero-order chi connectivity index (χ0) is 13.3. The van der Waals surface area contributed by atoms with Gasteiger partial charge in [-0.25, -0.2) is 4.79 Å². The minimum Gasteiger partial charge on any atom is -0.478 e. The van der Waals surface area contributed by atoms with Gasteiger partial charge in [-0.3, -0.25) is 0 Å². The van der Waals surface area contributed by atoms with E-state index in [2.05, 4.69) is 18.4 Å². The van der Waals surface area contributed by atoms with Gasteiger partial charge in [-0.2, -0.15) is 0 Å². The number of hydrogen-bond acceptors (Lipinski definition) is 2. The summed E-state index contributed by atoms with van der Waals surface area (Å²) >= 11 is 0. The molecule has 0 saturated carbocycles. The quantitative estimate of drug-likeness (QED) is 0.903. The molecule has 4 nitrogen and oxygen atoms in total. The Morgan fingerprint density at radius 2 is 2.17 bits per heavy atom. The van der Waals surface area contributed by atoms with E-state index >= 15 is 0 Å². The second-order valence-electron chi connectivity index (χ2n) is 4.63. The molecule has 1 heterocycles. The number of carboxylic acid groups (broad SMARTS) is 1. The van der Waals surface area contributed by atoms with Crippen molar-refractivity contribution in [2.75, 3.05) is 7.11 Å². The number of benzene rings is 1. The molecule has 96 valence electrons. The molecule has 18 heavy (non-hydrogen) atoms. The summed E-state index contributed by atoms with van der Waals surface area (Å²) in [6.07, 6.45) is 2.03. The van der Waals surface area contributed by atoms with Crippen LogP contribution in [-0.2, 0) is 11.3 Å². The van der Waals surface area contributed by atoms with Crippen LogP contribution in [0.25, 0.3) is 10.9 Å². The van der Waals surface area contributed by atoms with Crippen LogP contribution in [0.2, 0.25) is 0 Å². The van der Waals surface area contributed by atoms with Gasteiger partial charge in [0.05, 0.1) is 12.2 Å². The Balaban J connectivity index is 2.67. The number of aromatic nitrogens is 1. The van der Waals surface area contributed by atoms with E-state index < -0.39 is 5.97 Å². The van der Waals surface area contributed by atoms with Gasteiger partial charge in [0.25, 0.3) is 0 Å². The molecule has 1 N–H and O–H groups in total. The molecule has 0 bridgehead atoms. The molecule has 0 unspecified atom stereocenters. The molecule has 0 fully saturated rings. The largest absolute Gasteiger partial charge is 0.478 e. The third-order valence-electron chi connectivity index (χ3n) is 3.02. The van der Waals surface area contributed by atoms with E-state index in [0.29, 0.717) is 18.2 Å². The molecule has 0 amide bonds. The number of carboxylic acids is 1. The number of carbonyl (C=O) groups is 1. The molecule has 0 atom stereocenters. The van der Waals surface area contributed by atoms with Gasteiger partial charge in [0.2, 0.25) is 0 Å². The Morgan fingerprint density at radius 1 is 1.44 bits per heavy atom. The molecule has 0 aliphatic rings. The summed E-state index contributed by atoms with van der Waals surface area (Å²) < 4.78 is 7.30. The van der Waals surface area contributed by atoms with Crippen molar-refractivity contribution >= 4 is 16.9 Å². The lowest BCUT2D eigenvalue weighted by Gasteiger charge is -2.08. The van der Waals surface area contributed by atoms with Gasteiger partial charge in [-0.1, -0.05) is 0 Å². The standard InChI is InChI=1S/C14H17NO3/c1-9(2)15-7-11(8-18-3)12-6-10(14(16)17)4-5-13(12)15/h4-7,9H,8H2,1-3H3,(H,16,17). The normalized spacial score (nSPS) is 11.3. The highest BCUT2D eigenvalue weighted by Crippen LogP contribution is 2.26. The first-order chi connectivity index (χ1) is 8.54. The van der Waals surface area contributed by atoms with E-state index in [1.807, 2.05) is 12.3 Å². The molecule has 2 rings (SSSR count). The monoisotopic (exact) mass is 247 g/mol. The van der Waals surface area contributed by atoms with Crippen LogP contribution in [0.3, 0.4) is 0 Å². The van der Waals surface area contributed by atoms with E-state index in [1.54, 1.807) is 19.2 Å². The number of methoxy groups -OCH3 is 1. The molecule has 0 aliphatic heterocycles. The Bertz CT molecular complexity index is 584. The summed E-state index contributed by atoms with van der Waals surface area (Å²) in [5.41, 5.74) is 2.37. The molecule has 2 aromatic rings.